The molecule has 0 atom stereocenters. The molecule has 144 valence electrons. The Labute approximate surface area is 158 Å². The van der Waals surface area contributed by atoms with Gasteiger partial charge in [0.1, 0.15) is 12.4 Å². The maximum absolute atomic E-state index is 12.9. The summed E-state index contributed by atoms with van der Waals surface area (Å²) < 4.78 is 38.7. The Bertz CT molecular complexity index is 978. The Kier molecular flexibility index (Phi) is 5.44. The molecular weight excluding hydrogens is 373 g/mol. The summed E-state index contributed by atoms with van der Waals surface area (Å²) in [4.78, 5) is 19.2. The Morgan fingerprint density at radius 3 is 2.43 bits per heavy atom. The molecule has 3 N–H and O–H groups in total. The second-order valence-electron chi connectivity index (χ2n) is 5.78. The van der Waals surface area contributed by atoms with E-state index in [9.17, 15) is 18.0 Å². The van der Waals surface area contributed by atoms with Gasteiger partial charge in [0.15, 0.2) is 0 Å². The number of hydrogen-bond donors (Lipinski definition) is 3. The second-order valence-corrected chi connectivity index (χ2v) is 5.78. The van der Waals surface area contributed by atoms with E-state index in [0.717, 1.165) is 17.7 Å². The topological polar surface area (TPSA) is 87.1 Å². The van der Waals surface area contributed by atoms with E-state index in [4.69, 9.17) is 5.11 Å². The van der Waals surface area contributed by atoms with Crippen molar-refractivity contribution in [1.82, 2.24) is 9.97 Å². The van der Waals surface area contributed by atoms with Gasteiger partial charge in [-0.1, -0.05) is 36.4 Å². The summed E-state index contributed by atoms with van der Waals surface area (Å²) >= 11 is 0. The highest BCUT2D eigenvalue weighted by molar-refractivity contribution is 5.73. The molecule has 0 saturated carbocycles. The van der Waals surface area contributed by atoms with E-state index in [0.29, 0.717) is 5.69 Å². The molecule has 0 amide bonds. The Balaban J connectivity index is 1.95. The average Bonchev–Trinajstić information content (AvgIpc) is 2.66. The highest BCUT2D eigenvalue weighted by atomic mass is 19.4. The third kappa shape index (κ3) is 4.97. The quantitative estimate of drug-likeness (QED) is 0.580. The van der Waals surface area contributed by atoms with Gasteiger partial charge in [-0.25, -0.2) is 4.98 Å². The van der Waals surface area contributed by atoms with Crippen LogP contribution in [0.3, 0.4) is 0 Å². The number of carboxylic acids is 1. The molecule has 2 aromatic carbocycles. The van der Waals surface area contributed by atoms with Crippen LogP contribution >= 0.6 is 0 Å². The molecule has 0 fully saturated rings. The number of anilines is 3. The minimum atomic E-state index is -4.47. The zero-order valence-electron chi connectivity index (χ0n) is 14.4. The van der Waals surface area contributed by atoms with E-state index in [2.05, 4.69) is 20.6 Å². The third-order valence-corrected chi connectivity index (χ3v) is 3.66. The van der Waals surface area contributed by atoms with Gasteiger partial charge in [-0.15, -0.1) is 0 Å². The van der Waals surface area contributed by atoms with Crippen LogP contribution in [0, 0.1) is 0 Å². The van der Waals surface area contributed by atoms with Crippen LogP contribution in [0.5, 0.6) is 0 Å². The Morgan fingerprint density at radius 2 is 1.75 bits per heavy atom. The number of nitrogens with one attached hydrogen (secondary N) is 2. The molecule has 0 bridgehead atoms. The largest absolute Gasteiger partial charge is 0.480 e. The number of carbonyl (C=O) groups is 1. The number of rotatable bonds is 6. The first-order chi connectivity index (χ1) is 13.3. The van der Waals surface area contributed by atoms with Crippen molar-refractivity contribution in [3.05, 3.63) is 66.2 Å². The molecule has 1 aromatic heterocycles. The number of hydrogen-bond acceptors (Lipinski definition) is 5. The van der Waals surface area contributed by atoms with Crippen molar-refractivity contribution in [2.75, 3.05) is 17.2 Å². The van der Waals surface area contributed by atoms with Crippen molar-refractivity contribution < 1.29 is 23.1 Å². The van der Waals surface area contributed by atoms with Gasteiger partial charge in [0, 0.05) is 17.3 Å². The summed E-state index contributed by atoms with van der Waals surface area (Å²) in [7, 11) is 0. The fourth-order valence-electron chi connectivity index (χ4n) is 2.42. The lowest BCUT2D eigenvalue weighted by molar-refractivity contribution is -0.137. The van der Waals surface area contributed by atoms with Gasteiger partial charge < -0.3 is 15.7 Å². The predicted molar refractivity (Wildman–Crippen MR) is 98.3 cm³/mol. The van der Waals surface area contributed by atoms with Crippen LogP contribution in [0.1, 0.15) is 5.56 Å². The predicted octanol–water partition coefficient (Wildman–Crippen LogP) is 4.40. The molecule has 6 nitrogen and oxygen atoms in total. The smallest absolute Gasteiger partial charge is 0.416 e. The maximum Gasteiger partial charge on any atom is 0.416 e. The fourth-order valence-corrected chi connectivity index (χ4v) is 2.42. The van der Waals surface area contributed by atoms with Crippen LogP contribution in [0.15, 0.2) is 60.7 Å². The number of halogens is 3. The molecule has 28 heavy (non-hydrogen) atoms. The van der Waals surface area contributed by atoms with Crippen molar-refractivity contribution in [3.8, 4) is 11.3 Å². The van der Waals surface area contributed by atoms with Crippen molar-refractivity contribution in [3.63, 3.8) is 0 Å². The van der Waals surface area contributed by atoms with Crippen LogP contribution in [-0.4, -0.2) is 27.6 Å². The summed E-state index contributed by atoms with van der Waals surface area (Å²) in [5, 5.41) is 14.2. The maximum atomic E-state index is 12.9. The van der Waals surface area contributed by atoms with Gasteiger partial charge in [-0.3, -0.25) is 4.79 Å². The summed E-state index contributed by atoms with van der Waals surface area (Å²) in [6, 6.07) is 15.3. The van der Waals surface area contributed by atoms with Crippen LogP contribution in [-0.2, 0) is 11.0 Å². The summed E-state index contributed by atoms with van der Waals surface area (Å²) in [6.07, 6.45) is -4.47. The Hall–Kier alpha value is -3.62. The molecule has 0 saturated heterocycles. The molecule has 9 heteroatoms. The van der Waals surface area contributed by atoms with Gasteiger partial charge in [0.25, 0.3) is 0 Å². The van der Waals surface area contributed by atoms with E-state index >= 15 is 0 Å². The Morgan fingerprint density at radius 1 is 1.00 bits per heavy atom. The minimum Gasteiger partial charge on any atom is -0.480 e. The fraction of sp³-hybridized carbons (Fsp3) is 0.105. The van der Waals surface area contributed by atoms with Crippen LogP contribution in [0.25, 0.3) is 11.3 Å². The van der Waals surface area contributed by atoms with Gasteiger partial charge in [0.05, 0.1) is 11.3 Å². The highest BCUT2D eigenvalue weighted by Gasteiger charge is 2.30. The molecule has 0 aliphatic carbocycles. The van der Waals surface area contributed by atoms with Crippen LogP contribution in [0.2, 0.25) is 0 Å². The zero-order valence-corrected chi connectivity index (χ0v) is 14.4. The number of nitrogens with zero attached hydrogens (tertiary/aromatic N) is 2. The molecule has 0 spiro atoms. The molecule has 1 heterocycles. The van der Waals surface area contributed by atoms with E-state index in [1.165, 1.54) is 12.1 Å². The third-order valence-electron chi connectivity index (χ3n) is 3.66. The number of aromatic nitrogens is 2. The molecule has 0 aliphatic heterocycles. The first-order valence-electron chi connectivity index (χ1n) is 8.16. The molecule has 0 aliphatic rings. The number of aliphatic carboxylic acids is 1. The van der Waals surface area contributed by atoms with Crippen molar-refractivity contribution in [1.29, 1.82) is 0 Å². The molecule has 3 aromatic rings. The first-order valence-corrected chi connectivity index (χ1v) is 8.16. The van der Waals surface area contributed by atoms with Crippen molar-refractivity contribution in [2.45, 2.75) is 6.18 Å². The zero-order chi connectivity index (χ0) is 20.1. The lowest BCUT2D eigenvalue weighted by Crippen LogP contribution is -2.15. The summed E-state index contributed by atoms with van der Waals surface area (Å²) in [5.74, 6) is -0.833. The summed E-state index contributed by atoms with van der Waals surface area (Å²) in [5.41, 5.74) is 0.629. The van der Waals surface area contributed by atoms with E-state index in [1.54, 1.807) is 18.2 Å². The van der Waals surface area contributed by atoms with Crippen molar-refractivity contribution in [2.24, 2.45) is 0 Å². The van der Waals surface area contributed by atoms with E-state index in [-0.39, 0.29) is 17.5 Å². The molecule has 0 unspecified atom stereocenters. The van der Waals surface area contributed by atoms with E-state index < -0.39 is 24.3 Å². The van der Waals surface area contributed by atoms with E-state index in [1.807, 2.05) is 18.2 Å². The minimum absolute atomic E-state index is 0.0400. The lowest BCUT2D eigenvalue weighted by atomic mass is 10.1. The van der Waals surface area contributed by atoms with Crippen LogP contribution < -0.4 is 10.6 Å². The molecule has 0 radical (unpaired) electrons. The monoisotopic (exact) mass is 388 g/mol. The van der Waals surface area contributed by atoms with Crippen molar-refractivity contribution >= 4 is 23.4 Å². The number of benzene rings is 2. The average molecular weight is 388 g/mol. The van der Waals surface area contributed by atoms with Gasteiger partial charge in [-0.2, -0.15) is 18.2 Å². The van der Waals surface area contributed by atoms with Gasteiger partial charge >= 0.3 is 12.1 Å². The first kappa shape index (κ1) is 19.2. The lowest BCUT2D eigenvalue weighted by Gasteiger charge is -2.12. The van der Waals surface area contributed by atoms with Gasteiger partial charge in [-0.05, 0) is 18.2 Å². The van der Waals surface area contributed by atoms with Gasteiger partial charge in [0.2, 0.25) is 5.95 Å². The highest BCUT2D eigenvalue weighted by Crippen LogP contribution is 2.31. The summed E-state index contributed by atoms with van der Waals surface area (Å²) in [6.45, 7) is -0.402. The van der Waals surface area contributed by atoms with Crippen LogP contribution in [0.4, 0.5) is 30.6 Å². The normalized spacial score (nSPS) is 11.1. The number of carboxylic acid groups (broad SMARTS) is 1. The standard InChI is InChI=1S/C19H15F3N4O2/c20-19(21,22)13-7-4-8-14(9-13)24-16-10-15(12-5-2-1-3-6-12)25-18(26-16)23-11-17(27)28/h1-10H,11H2,(H,27,28)(H2,23,24,25,26). The number of alkyl halides is 3. The molecular formula is C19H15F3N4O2. The molecule has 3 rings (SSSR count). The SMILES string of the molecule is O=C(O)CNc1nc(Nc2cccc(C(F)(F)F)c2)cc(-c2ccccc2)n1. The second kappa shape index (κ2) is 7.95.